The van der Waals surface area contributed by atoms with Crippen molar-refractivity contribution in [3.05, 3.63) is 47.5 Å². The SMILES string of the molecule is CCC=CC1Cc2ccccc21. The molecule has 0 bridgehead atoms. The molecule has 0 saturated carbocycles. The van der Waals surface area contributed by atoms with Gasteiger partial charge in [-0.3, -0.25) is 0 Å². The van der Waals surface area contributed by atoms with E-state index in [1.165, 1.54) is 17.5 Å². The smallest absolute Gasteiger partial charge is 0.00612 e. The molecule has 1 unspecified atom stereocenters. The molecule has 1 aliphatic carbocycles. The molecular weight excluding hydrogens is 144 g/mol. The molecule has 0 fully saturated rings. The van der Waals surface area contributed by atoms with Crippen LogP contribution in [0.15, 0.2) is 36.4 Å². The van der Waals surface area contributed by atoms with E-state index in [9.17, 15) is 0 Å². The first kappa shape index (κ1) is 7.60. The molecule has 0 heteroatoms. The van der Waals surface area contributed by atoms with E-state index in [1.54, 1.807) is 0 Å². The van der Waals surface area contributed by atoms with Crippen LogP contribution in [0.5, 0.6) is 0 Å². The molecule has 2 rings (SSSR count). The highest BCUT2D eigenvalue weighted by atomic mass is 14.3. The number of benzene rings is 1. The fraction of sp³-hybridized carbons (Fsp3) is 0.333. The van der Waals surface area contributed by atoms with Crippen molar-refractivity contribution >= 4 is 0 Å². The highest BCUT2D eigenvalue weighted by Crippen LogP contribution is 2.35. The van der Waals surface area contributed by atoms with Crippen molar-refractivity contribution in [2.45, 2.75) is 25.7 Å². The average molecular weight is 158 g/mol. The van der Waals surface area contributed by atoms with Gasteiger partial charge in [0, 0.05) is 5.92 Å². The van der Waals surface area contributed by atoms with Gasteiger partial charge >= 0.3 is 0 Å². The summed E-state index contributed by atoms with van der Waals surface area (Å²) >= 11 is 0. The van der Waals surface area contributed by atoms with Crippen molar-refractivity contribution in [3.63, 3.8) is 0 Å². The Morgan fingerprint density at radius 3 is 3.00 bits per heavy atom. The highest BCUT2D eigenvalue weighted by Gasteiger charge is 2.21. The van der Waals surface area contributed by atoms with Gasteiger partial charge in [0.05, 0.1) is 0 Å². The fourth-order valence-electron chi connectivity index (χ4n) is 1.77. The van der Waals surface area contributed by atoms with E-state index >= 15 is 0 Å². The minimum absolute atomic E-state index is 0.709. The van der Waals surface area contributed by atoms with Crippen molar-refractivity contribution in [2.24, 2.45) is 0 Å². The molecule has 0 N–H and O–H groups in total. The van der Waals surface area contributed by atoms with Gasteiger partial charge < -0.3 is 0 Å². The lowest BCUT2D eigenvalue weighted by atomic mass is 9.77. The molecule has 0 amide bonds. The third kappa shape index (κ3) is 1.18. The Hall–Kier alpha value is -1.04. The zero-order valence-electron chi connectivity index (χ0n) is 7.46. The molecule has 0 radical (unpaired) electrons. The van der Waals surface area contributed by atoms with Gasteiger partial charge in [-0.15, -0.1) is 0 Å². The van der Waals surface area contributed by atoms with Crippen LogP contribution in [-0.4, -0.2) is 0 Å². The lowest BCUT2D eigenvalue weighted by molar-refractivity contribution is 0.729. The zero-order valence-corrected chi connectivity index (χ0v) is 7.46. The summed E-state index contributed by atoms with van der Waals surface area (Å²) in [5, 5.41) is 0. The van der Waals surface area contributed by atoms with Gasteiger partial charge in [-0.2, -0.15) is 0 Å². The monoisotopic (exact) mass is 158 g/mol. The number of rotatable bonds is 2. The predicted octanol–water partition coefficient (Wildman–Crippen LogP) is 3.29. The summed E-state index contributed by atoms with van der Waals surface area (Å²) in [5.41, 5.74) is 3.06. The Labute approximate surface area is 73.9 Å². The molecule has 0 nitrogen and oxygen atoms in total. The average Bonchev–Trinajstić information content (AvgIpc) is 2.07. The summed E-state index contributed by atoms with van der Waals surface area (Å²) < 4.78 is 0. The van der Waals surface area contributed by atoms with Crippen LogP contribution < -0.4 is 0 Å². The maximum Gasteiger partial charge on any atom is 0.00612 e. The zero-order chi connectivity index (χ0) is 8.39. The van der Waals surface area contributed by atoms with E-state index in [0.29, 0.717) is 5.92 Å². The molecule has 1 aromatic carbocycles. The Morgan fingerprint density at radius 2 is 2.25 bits per heavy atom. The molecular formula is C12H14. The normalized spacial score (nSPS) is 20.6. The van der Waals surface area contributed by atoms with Gasteiger partial charge in [0.1, 0.15) is 0 Å². The summed E-state index contributed by atoms with van der Waals surface area (Å²) in [6.45, 7) is 2.18. The Morgan fingerprint density at radius 1 is 1.42 bits per heavy atom. The van der Waals surface area contributed by atoms with E-state index in [-0.39, 0.29) is 0 Å². The third-order valence-corrected chi connectivity index (χ3v) is 2.50. The summed E-state index contributed by atoms with van der Waals surface area (Å²) in [4.78, 5) is 0. The topological polar surface area (TPSA) is 0 Å². The molecule has 1 aromatic rings. The molecule has 1 atom stereocenters. The molecule has 0 aromatic heterocycles. The maximum absolute atomic E-state index is 2.34. The minimum Gasteiger partial charge on any atom is -0.0882 e. The van der Waals surface area contributed by atoms with Gasteiger partial charge in [0.2, 0.25) is 0 Å². The van der Waals surface area contributed by atoms with Gasteiger partial charge in [0.25, 0.3) is 0 Å². The van der Waals surface area contributed by atoms with Crippen LogP contribution in [0.4, 0.5) is 0 Å². The third-order valence-electron chi connectivity index (χ3n) is 2.50. The molecule has 0 heterocycles. The second-order valence-electron chi connectivity index (χ2n) is 3.35. The van der Waals surface area contributed by atoms with Crippen LogP contribution in [0, 0.1) is 0 Å². The molecule has 62 valence electrons. The quantitative estimate of drug-likeness (QED) is 0.579. The number of fused-ring (bicyclic) bond motifs is 1. The van der Waals surface area contributed by atoms with Crippen LogP contribution in [-0.2, 0) is 6.42 Å². The number of hydrogen-bond donors (Lipinski definition) is 0. The van der Waals surface area contributed by atoms with E-state index in [1.807, 2.05) is 0 Å². The van der Waals surface area contributed by atoms with Crippen LogP contribution in [0.3, 0.4) is 0 Å². The molecule has 0 aliphatic heterocycles. The molecule has 1 aliphatic rings. The summed E-state index contributed by atoms with van der Waals surface area (Å²) in [7, 11) is 0. The molecule has 0 saturated heterocycles. The Kier molecular flexibility index (Phi) is 1.99. The first-order valence-electron chi connectivity index (χ1n) is 4.66. The van der Waals surface area contributed by atoms with Crippen molar-refractivity contribution in [1.29, 1.82) is 0 Å². The number of hydrogen-bond acceptors (Lipinski definition) is 0. The van der Waals surface area contributed by atoms with Crippen molar-refractivity contribution in [2.75, 3.05) is 0 Å². The lowest BCUT2D eigenvalue weighted by Gasteiger charge is -2.27. The van der Waals surface area contributed by atoms with Crippen LogP contribution in [0.1, 0.15) is 30.4 Å². The van der Waals surface area contributed by atoms with E-state index in [2.05, 4.69) is 43.3 Å². The second kappa shape index (κ2) is 3.14. The molecule has 0 spiro atoms. The summed E-state index contributed by atoms with van der Waals surface area (Å²) in [6.07, 6.45) is 6.99. The van der Waals surface area contributed by atoms with Crippen LogP contribution in [0.2, 0.25) is 0 Å². The van der Waals surface area contributed by atoms with Crippen molar-refractivity contribution in [1.82, 2.24) is 0 Å². The van der Waals surface area contributed by atoms with E-state index < -0.39 is 0 Å². The predicted molar refractivity (Wildman–Crippen MR) is 52.3 cm³/mol. The van der Waals surface area contributed by atoms with Gasteiger partial charge in [-0.1, -0.05) is 43.3 Å². The highest BCUT2D eigenvalue weighted by molar-refractivity contribution is 5.42. The minimum atomic E-state index is 0.709. The fourth-order valence-corrected chi connectivity index (χ4v) is 1.77. The summed E-state index contributed by atoms with van der Waals surface area (Å²) in [5.74, 6) is 0.709. The van der Waals surface area contributed by atoms with Crippen molar-refractivity contribution < 1.29 is 0 Å². The summed E-state index contributed by atoms with van der Waals surface area (Å²) in [6, 6.07) is 8.72. The largest absolute Gasteiger partial charge is 0.0882 e. The first-order valence-corrected chi connectivity index (χ1v) is 4.66. The van der Waals surface area contributed by atoms with Gasteiger partial charge in [-0.05, 0) is 24.0 Å². The van der Waals surface area contributed by atoms with Crippen LogP contribution in [0.25, 0.3) is 0 Å². The second-order valence-corrected chi connectivity index (χ2v) is 3.35. The number of allylic oxidation sites excluding steroid dienone is 2. The lowest BCUT2D eigenvalue weighted by Crippen LogP contribution is -2.14. The van der Waals surface area contributed by atoms with Crippen LogP contribution >= 0.6 is 0 Å². The first-order chi connectivity index (χ1) is 5.92. The Balaban J connectivity index is 2.15. The van der Waals surface area contributed by atoms with Gasteiger partial charge in [-0.25, -0.2) is 0 Å². The van der Waals surface area contributed by atoms with E-state index in [0.717, 1.165) is 6.42 Å². The van der Waals surface area contributed by atoms with Crippen molar-refractivity contribution in [3.8, 4) is 0 Å². The maximum atomic E-state index is 2.34. The standard InChI is InChI=1S/C12H14/c1-2-3-6-10-9-11-7-4-5-8-12(10)11/h3-8,10H,2,9H2,1H3. The van der Waals surface area contributed by atoms with E-state index in [4.69, 9.17) is 0 Å². The Bertz CT molecular complexity index is 297. The molecule has 12 heavy (non-hydrogen) atoms. The van der Waals surface area contributed by atoms with Gasteiger partial charge in [0.15, 0.2) is 0 Å².